The molecular formula is C24H28BrN3. The second-order valence-corrected chi connectivity index (χ2v) is 7.43. The molecule has 2 aromatic rings. The van der Waals surface area contributed by atoms with Crippen LogP contribution in [-0.4, -0.2) is 26.4 Å². The third kappa shape index (κ3) is 6.86. The van der Waals surface area contributed by atoms with E-state index in [0.29, 0.717) is 6.54 Å². The number of halogens is 1. The van der Waals surface area contributed by atoms with Crippen LogP contribution in [-0.2, 0) is 0 Å². The lowest BCUT2D eigenvalue weighted by atomic mass is 10.1. The van der Waals surface area contributed by atoms with E-state index in [9.17, 15) is 0 Å². The number of nitrogens with zero attached hydrogens (tertiary/aromatic N) is 2. The Morgan fingerprint density at radius 3 is 2.57 bits per heavy atom. The van der Waals surface area contributed by atoms with Crippen LogP contribution >= 0.6 is 15.9 Å². The van der Waals surface area contributed by atoms with Crippen LogP contribution in [0.5, 0.6) is 0 Å². The normalized spacial score (nSPS) is 12.3. The number of hydrogen-bond acceptors (Lipinski definition) is 3. The van der Waals surface area contributed by atoms with E-state index in [1.54, 1.807) is 0 Å². The van der Waals surface area contributed by atoms with Crippen molar-refractivity contribution in [2.24, 2.45) is 4.99 Å². The molecule has 1 N–H and O–H groups in total. The van der Waals surface area contributed by atoms with E-state index in [2.05, 4.69) is 87.3 Å². The average molecular weight is 438 g/mol. The first-order valence-electron chi connectivity index (χ1n) is 9.27. The molecule has 0 unspecified atom stereocenters. The van der Waals surface area contributed by atoms with Crippen LogP contribution in [0.2, 0.25) is 0 Å². The van der Waals surface area contributed by atoms with Gasteiger partial charge >= 0.3 is 0 Å². The number of benzene rings is 2. The fourth-order valence-electron chi connectivity index (χ4n) is 2.71. The molecule has 0 aliphatic carbocycles. The summed E-state index contributed by atoms with van der Waals surface area (Å²) in [4.78, 5) is 6.61. The third-order valence-electron chi connectivity index (χ3n) is 4.27. The van der Waals surface area contributed by atoms with Gasteiger partial charge in [0.05, 0.1) is 12.3 Å². The lowest BCUT2D eigenvalue weighted by molar-refractivity contribution is 0.899. The number of nitrogens with one attached hydrogen (secondary N) is 1. The molecule has 0 fully saturated rings. The number of hydrogen-bond donors (Lipinski definition) is 1. The Kier molecular flexibility index (Phi) is 8.76. The molecule has 0 aliphatic heterocycles. The van der Waals surface area contributed by atoms with Gasteiger partial charge in [0.15, 0.2) is 0 Å². The summed E-state index contributed by atoms with van der Waals surface area (Å²) in [6.45, 7) is 6.90. The van der Waals surface area contributed by atoms with Gasteiger partial charge in [-0.2, -0.15) is 0 Å². The number of allylic oxidation sites excluding steroid dienone is 3. The average Bonchev–Trinajstić information content (AvgIpc) is 2.71. The van der Waals surface area contributed by atoms with Crippen molar-refractivity contribution < 1.29 is 0 Å². The maximum absolute atomic E-state index is 4.43. The Bertz CT molecular complexity index is 866. The van der Waals surface area contributed by atoms with Crippen molar-refractivity contribution in [3.63, 3.8) is 0 Å². The highest BCUT2D eigenvalue weighted by molar-refractivity contribution is 9.10. The molecule has 0 heterocycles. The van der Waals surface area contributed by atoms with Gasteiger partial charge in [0, 0.05) is 36.2 Å². The molecule has 0 bridgehead atoms. The van der Waals surface area contributed by atoms with E-state index in [1.165, 1.54) is 5.57 Å². The van der Waals surface area contributed by atoms with Gasteiger partial charge in [0.2, 0.25) is 0 Å². The summed E-state index contributed by atoms with van der Waals surface area (Å²) >= 11 is 3.55. The Balaban J connectivity index is 2.12. The molecule has 4 heteroatoms. The smallest absolute Gasteiger partial charge is 0.0642 e. The molecule has 28 heavy (non-hydrogen) atoms. The summed E-state index contributed by atoms with van der Waals surface area (Å²) in [5.41, 5.74) is 5.46. The van der Waals surface area contributed by atoms with E-state index in [0.717, 1.165) is 33.6 Å². The van der Waals surface area contributed by atoms with Gasteiger partial charge in [-0.05, 0) is 43.2 Å². The summed E-state index contributed by atoms with van der Waals surface area (Å²) in [6.07, 6.45) is 7.29. The lowest BCUT2D eigenvalue weighted by Crippen LogP contribution is -2.24. The summed E-state index contributed by atoms with van der Waals surface area (Å²) in [5.74, 6) is 0. The Hall–Kier alpha value is -2.59. The van der Waals surface area contributed by atoms with E-state index in [-0.39, 0.29) is 0 Å². The molecule has 3 nitrogen and oxygen atoms in total. The molecule has 0 saturated heterocycles. The molecule has 0 radical (unpaired) electrons. The molecular weight excluding hydrogens is 410 g/mol. The van der Waals surface area contributed by atoms with Crippen molar-refractivity contribution in [2.75, 3.05) is 25.5 Å². The minimum absolute atomic E-state index is 0.706. The minimum Gasteiger partial charge on any atom is -0.390 e. The number of rotatable bonds is 9. The van der Waals surface area contributed by atoms with Crippen LogP contribution in [0.15, 0.2) is 100 Å². The molecule has 0 aromatic heterocycles. The number of anilines is 1. The maximum atomic E-state index is 4.43. The largest absolute Gasteiger partial charge is 0.390 e. The maximum Gasteiger partial charge on any atom is 0.0642 e. The lowest BCUT2D eigenvalue weighted by Gasteiger charge is -2.22. The third-order valence-corrected chi connectivity index (χ3v) is 4.77. The molecule has 0 spiro atoms. The Labute approximate surface area is 177 Å². The van der Waals surface area contributed by atoms with Gasteiger partial charge in [0.25, 0.3) is 0 Å². The monoisotopic (exact) mass is 437 g/mol. The van der Waals surface area contributed by atoms with Gasteiger partial charge in [0.1, 0.15) is 0 Å². The molecule has 0 amide bonds. The van der Waals surface area contributed by atoms with Gasteiger partial charge in [-0.25, -0.2) is 0 Å². The molecule has 0 saturated carbocycles. The fourth-order valence-corrected chi connectivity index (χ4v) is 3.10. The van der Waals surface area contributed by atoms with Crippen molar-refractivity contribution in [1.29, 1.82) is 0 Å². The first-order valence-corrected chi connectivity index (χ1v) is 10.1. The van der Waals surface area contributed by atoms with Crippen LogP contribution in [0.4, 0.5) is 5.69 Å². The highest BCUT2D eigenvalue weighted by Gasteiger charge is 2.05. The van der Waals surface area contributed by atoms with Crippen LogP contribution in [0, 0.1) is 0 Å². The summed E-state index contributed by atoms with van der Waals surface area (Å²) in [6, 6.07) is 18.5. The second kappa shape index (κ2) is 11.3. The van der Waals surface area contributed by atoms with E-state index in [1.807, 2.05) is 44.4 Å². The molecule has 2 aromatic carbocycles. The van der Waals surface area contributed by atoms with Gasteiger partial charge < -0.3 is 10.2 Å². The van der Waals surface area contributed by atoms with Crippen LogP contribution < -0.4 is 10.2 Å². The van der Waals surface area contributed by atoms with Crippen molar-refractivity contribution in [2.45, 2.75) is 13.3 Å². The standard InChI is InChI=1S/C24H28BrN3/c1-19(16-24(27-4)21-11-6-5-7-12-21)10-9-15-28(18-20(2)26-3)23-14-8-13-22(25)17-23/h5-9,11-17,26H,2,10,18H2,1,3-4H3/b15-9?,19-16+,27-24+. The Morgan fingerprint density at radius 1 is 1.18 bits per heavy atom. The van der Waals surface area contributed by atoms with E-state index in [4.69, 9.17) is 0 Å². The topological polar surface area (TPSA) is 27.6 Å². The quantitative estimate of drug-likeness (QED) is 0.490. The highest BCUT2D eigenvalue weighted by Crippen LogP contribution is 2.21. The number of aliphatic imine (C=N–C) groups is 1. The van der Waals surface area contributed by atoms with E-state index < -0.39 is 0 Å². The predicted octanol–water partition coefficient (Wildman–Crippen LogP) is 5.96. The molecule has 0 aliphatic rings. The summed E-state index contributed by atoms with van der Waals surface area (Å²) in [5, 5.41) is 3.12. The van der Waals surface area contributed by atoms with Crippen molar-refractivity contribution >= 4 is 27.3 Å². The fraction of sp³-hybridized carbons (Fsp3) is 0.208. The predicted molar refractivity (Wildman–Crippen MR) is 126 cm³/mol. The number of likely N-dealkylation sites (N-methyl/N-ethyl adjacent to an activating group) is 1. The zero-order valence-electron chi connectivity index (χ0n) is 16.8. The van der Waals surface area contributed by atoms with Crippen LogP contribution in [0.3, 0.4) is 0 Å². The Morgan fingerprint density at radius 2 is 1.93 bits per heavy atom. The van der Waals surface area contributed by atoms with Crippen molar-refractivity contribution in [1.82, 2.24) is 5.32 Å². The molecule has 146 valence electrons. The first-order chi connectivity index (χ1) is 13.5. The molecule has 0 atom stereocenters. The zero-order valence-corrected chi connectivity index (χ0v) is 18.4. The van der Waals surface area contributed by atoms with E-state index >= 15 is 0 Å². The van der Waals surface area contributed by atoms with Gasteiger partial charge in [-0.3, -0.25) is 4.99 Å². The zero-order chi connectivity index (χ0) is 20.4. The van der Waals surface area contributed by atoms with Crippen LogP contribution in [0.1, 0.15) is 18.9 Å². The molecule has 2 rings (SSSR count). The van der Waals surface area contributed by atoms with Gasteiger partial charge in [-0.1, -0.05) is 70.6 Å². The highest BCUT2D eigenvalue weighted by atomic mass is 79.9. The van der Waals surface area contributed by atoms with Crippen LogP contribution in [0.25, 0.3) is 0 Å². The van der Waals surface area contributed by atoms with Crippen molar-refractivity contribution in [3.05, 3.63) is 101 Å². The van der Waals surface area contributed by atoms with Crippen molar-refractivity contribution in [3.8, 4) is 0 Å². The van der Waals surface area contributed by atoms with Gasteiger partial charge in [-0.15, -0.1) is 0 Å². The summed E-state index contributed by atoms with van der Waals surface area (Å²) in [7, 11) is 3.73. The minimum atomic E-state index is 0.706. The first kappa shape index (κ1) is 21.7. The SMILES string of the molecule is C=C(CN(C=CC/C(C)=C/C(=N\C)c1ccccc1)c1cccc(Br)c1)NC. The summed E-state index contributed by atoms with van der Waals surface area (Å²) < 4.78 is 1.06. The second-order valence-electron chi connectivity index (χ2n) is 6.52.